The molecule has 2 atom stereocenters. The predicted octanol–water partition coefficient (Wildman–Crippen LogP) is 2.56. The number of rotatable bonds is 5. The van der Waals surface area contributed by atoms with Crippen LogP contribution in [-0.2, 0) is 16.6 Å². The Labute approximate surface area is 128 Å². The van der Waals surface area contributed by atoms with Crippen LogP contribution in [-0.4, -0.2) is 15.0 Å². The molecule has 1 aliphatic carbocycles. The second-order valence-corrected chi connectivity index (χ2v) is 8.03. The van der Waals surface area contributed by atoms with E-state index in [9.17, 15) is 8.42 Å². The van der Waals surface area contributed by atoms with Gasteiger partial charge < -0.3 is 5.73 Å². The lowest BCUT2D eigenvalue weighted by Gasteiger charge is -2.26. The SMILES string of the molecule is Cc1cc(CN)ccc1S(=O)(=O)NCC1CCCC(C)C1. The minimum Gasteiger partial charge on any atom is -0.326 e. The molecule has 4 nitrogen and oxygen atoms in total. The maximum absolute atomic E-state index is 12.4. The van der Waals surface area contributed by atoms with Crippen LogP contribution in [0.15, 0.2) is 23.1 Å². The van der Waals surface area contributed by atoms with Crippen molar-refractivity contribution < 1.29 is 8.42 Å². The number of hydrogen-bond donors (Lipinski definition) is 2. The van der Waals surface area contributed by atoms with Crippen LogP contribution in [0.3, 0.4) is 0 Å². The standard InChI is InChI=1S/C16H26N2O2S/c1-12-4-3-5-15(8-12)11-18-21(19,20)16-7-6-14(10-17)9-13(16)2/h6-7,9,12,15,18H,3-5,8,10-11,17H2,1-2H3. The summed E-state index contributed by atoms with van der Waals surface area (Å²) in [4.78, 5) is 0.364. The fourth-order valence-corrected chi connectivity index (χ4v) is 4.53. The minimum atomic E-state index is -3.42. The van der Waals surface area contributed by atoms with Gasteiger partial charge in [0.25, 0.3) is 0 Å². The van der Waals surface area contributed by atoms with Gasteiger partial charge in [0.15, 0.2) is 0 Å². The van der Waals surface area contributed by atoms with E-state index in [1.54, 1.807) is 12.1 Å². The van der Waals surface area contributed by atoms with Crippen LogP contribution >= 0.6 is 0 Å². The number of aryl methyl sites for hydroxylation is 1. The van der Waals surface area contributed by atoms with Crippen LogP contribution in [0.5, 0.6) is 0 Å². The average molecular weight is 310 g/mol. The van der Waals surface area contributed by atoms with Gasteiger partial charge in [0.1, 0.15) is 0 Å². The summed E-state index contributed by atoms with van der Waals surface area (Å²) in [6, 6.07) is 5.28. The Bertz CT molecular complexity index is 584. The lowest BCUT2D eigenvalue weighted by atomic mass is 9.83. The van der Waals surface area contributed by atoms with Gasteiger partial charge in [-0.05, 0) is 48.8 Å². The molecule has 2 unspecified atom stereocenters. The monoisotopic (exact) mass is 310 g/mol. The first kappa shape index (κ1) is 16.5. The molecule has 0 bridgehead atoms. The summed E-state index contributed by atoms with van der Waals surface area (Å²) >= 11 is 0. The summed E-state index contributed by atoms with van der Waals surface area (Å²) in [7, 11) is -3.42. The van der Waals surface area contributed by atoms with Crippen LogP contribution < -0.4 is 10.5 Å². The van der Waals surface area contributed by atoms with Crippen LogP contribution in [0.25, 0.3) is 0 Å². The molecular weight excluding hydrogens is 284 g/mol. The zero-order valence-electron chi connectivity index (χ0n) is 12.9. The largest absolute Gasteiger partial charge is 0.326 e. The zero-order chi connectivity index (χ0) is 15.5. The molecule has 0 heterocycles. The molecule has 118 valence electrons. The normalized spacial score (nSPS) is 23.2. The van der Waals surface area contributed by atoms with Gasteiger partial charge in [-0.15, -0.1) is 0 Å². The van der Waals surface area contributed by atoms with Crippen molar-refractivity contribution >= 4 is 10.0 Å². The van der Waals surface area contributed by atoms with Crippen molar-refractivity contribution in [1.29, 1.82) is 0 Å². The topological polar surface area (TPSA) is 72.2 Å². The second kappa shape index (κ2) is 6.90. The Balaban J connectivity index is 2.04. The summed E-state index contributed by atoms with van der Waals surface area (Å²) in [6.45, 7) is 5.03. The van der Waals surface area contributed by atoms with Gasteiger partial charge in [-0.25, -0.2) is 13.1 Å². The Morgan fingerprint density at radius 3 is 2.71 bits per heavy atom. The van der Waals surface area contributed by atoms with Gasteiger partial charge in [0, 0.05) is 13.1 Å². The first-order valence-electron chi connectivity index (χ1n) is 7.71. The highest BCUT2D eigenvalue weighted by molar-refractivity contribution is 7.89. The summed E-state index contributed by atoms with van der Waals surface area (Å²) in [5.41, 5.74) is 7.29. The maximum atomic E-state index is 12.4. The van der Waals surface area contributed by atoms with Crippen molar-refractivity contribution in [2.24, 2.45) is 17.6 Å². The molecule has 1 saturated carbocycles. The molecule has 1 fully saturated rings. The van der Waals surface area contributed by atoms with Crippen LogP contribution in [0.2, 0.25) is 0 Å². The molecular formula is C16H26N2O2S. The number of nitrogens with one attached hydrogen (secondary N) is 1. The molecule has 5 heteroatoms. The number of nitrogens with two attached hydrogens (primary N) is 1. The molecule has 1 aromatic carbocycles. The molecule has 0 aromatic heterocycles. The second-order valence-electron chi connectivity index (χ2n) is 6.29. The van der Waals surface area contributed by atoms with Gasteiger partial charge >= 0.3 is 0 Å². The van der Waals surface area contributed by atoms with Gasteiger partial charge in [0.05, 0.1) is 4.90 Å². The lowest BCUT2D eigenvalue weighted by Crippen LogP contribution is -2.32. The minimum absolute atomic E-state index is 0.364. The van der Waals surface area contributed by atoms with Crippen molar-refractivity contribution in [2.75, 3.05) is 6.54 Å². The quantitative estimate of drug-likeness (QED) is 0.878. The summed E-state index contributed by atoms with van der Waals surface area (Å²) in [5.74, 6) is 1.17. The highest BCUT2D eigenvalue weighted by Crippen LogP contribution is 2.28. The van der Waals surface area contributed by atoms with E-state index in [2.05, 4.69) is 11.6 Å². The lowest BCUT2D eigenvalue weighted by molar-refractivity contribution is 0.283. The third-order valence-corrected chi connectivity index (χ3v) is 5.96. The molecule has 0 radical (unpaired) electrons. The number of hydrogen-bond acceptors (Lipinski definition) is 3. The van der Waals surface area contributed by atoms with Gasteiger partial charge in [-0.1, -0.05) is 31.9 Å². The fraction of sp³-hybridized carbons (Fsp3) is 0.625. The van der Waals surface area contributed by atoms with Crippen molar-refractivity contribution in [3.8, 4) is 0 Å². The van der Waals surface area contributed by atoms with Gasteiger partial charge in [-0.2, -0.15) is 0 Å². The first-order chi connectivity index (χ1) is 9.92. The zero-order valence-corrected chi connectivity index (χ0v) is 13.7. The van der Waals surface area contributed by atoms with E-state index in [1.807, 2.05) is 13.0 Å². The van der Waals surface area contributed by atoms with Crippen molar-refractivity contribution in [3.63, 3.8) is 0 Å². The molecule has 1 aliphatic rings. The van der Waals surface area contributed by atoms with E-state index in [-0.39, 0.29) is 0 Å². The Morgan fingerprint density at radius 2 is 2.10 bits per heavy atom. The maximum Gasteiger partial charge on any atom is 0.240 e. The van der Waals surface area contributed by atoms with Crippen LogP contribution in [0.4, 0.5) is 0 Å². The van der Waals surface area contributed by atoms with Crippen molar-refractivity contribution in [1.82, 2.24) is 4.72 Å². The summed E-state index contributed by atoms with van der Waals surface area (Å²) in [6.07, 6.45) is 4.71. The van der Waals surface area contributed by atoms with Crippen LogP contribution in [0.1, 0.15) is 43.7 Å². The Hall–Kier alpha value is -0.910. The van der Waals surface area contributed by atoms with Gasteiger partial charge in [0.2, 0.25) is 10.0 Å². The first-order valence-corrected chi connectivity index (χ1v) is 9.20. The third kappa shape index (κ3) is 4.28. The Morgan fingerprint density at radius 1 is 1.33 bits per heavy atom. The third-order valence-electron chi connectivity index (χ3n) is 4.37. The Kier molecular flexibility index (Phi) is 5.41. The molecule has 21 heavy (non-hydrogen) atoms. The highest BCUT2D eigenvalue weighted by atomic mass is 32.2. The predicted molar refractivity (Wildman–Crippen MR) is 85.4 cm³/mol. The van der Waals surface area contributed by atoms with E-state index in [1.165, 1.54) is 12.8 Å². The summed E-state index contributed by atoms with van der Waals surface area (Å²) < 4.78 is 27.7. The molecule has 0 saturated heterocycles. The van der Waals surface area contributed by atoms with E-state index < -0.39 is 10.0 Å². The van der Waals surface area contributed by atoms with E-state index in [0.717, 1.165) is 24.0 Å². The van der Waals surface area contributed by atoms with E-state index >= 15 is 0 Å². The van der Waals surface area contributed by atoms with Crippen molar-refractivity contribution in [2.45, 2.75) is 51.0 Å². The van der Waals surface area contributed by atoms with Crippen molar-refractivity contribution in [3.05, 3.63) is 29.3 Å². The molecule has 2 rings (SSSR count). The number of benzene rings is 1. The summed E-state index contributed by atoms with van der Waals surface area (Å²) in [5, 5.41) is 0. The molecule has 3 N–H and O–H groups in total. The molecule has 0 spiro atoms. The van der Waals surface area contributed by atoms with Gasteiger partial charge in [-0.3, -0.25) is 0 Å². The fourth-order valence-electron chi connectivity index (χ4n) is 3.19. The van der Waals surface area contributed by atoms with Crippen LogP contribution in [0, 0.1) is 18.8 Å². The number of sulfonamides is 1. The molecule has 1 aromatic rings. The smallest absolute Gasteiger partial charge is 0.240 e. The average Bonchev–Trinajstić information content (AvgIpc) is 2.45. The van der Waals surface area contributed by atoms with E-state index in [4.69, 9.17) is 5.73 Å². The van der Waals surface area contributed by atoms with E-state index in [0.29, 0.717) is 29.8 Å². The molecule has 0 aliphatic heterocycles. The highest BCUT2D eigenvalue weighted by Gasteiger charge is 2.22. The molecule has 0 amide bonds.